The van der Waals surface area contributed by atoms with Crippen LogP contribution in [0.4, 0.5) is 5.13 Å². The van der Waals surface area contributed by atoms with Gasteiger partial charge in [-0.1, -0.05) is 6.92 Å². The number of nitrogens with zero attached hydrogens (tertiary/aromatic N) is 1. The first kappa shape index (κ1) is 7.54. The van der Waals surface area contributed by atoms with Gasteiger partial charge in [-0.2, -0.15) is 0 Å². The molecule has 0 aliphatic rings. The second kappa shape index (κ2) is 3.56. The Bertz CT molecular complexity index is 195. The molecule has 0 atom stereocenters. The number of anilines is 1. The normalized spacial score (nSPS) is 9.80. The summed E-state index contributed by atoms with van der Waals surface area (Å²) in [6, 6.07) is 0. The molecule has 0 saturated carbocycles. The number of thiazole rings is 1. The summed E-state index contributed by atoms with van der Waals surface area (Å²) in [5.74, 6) is 0. The van der Waals surface area contributed by atoms with Crippen molar-refractivity contribution in [1.82, 2.24) is 4.98 Å². The number of aromatic nitrogens is 1. The molecule has 0 aromatic carbocycles. The summed E-state index contributed by atoms with van der Waals surface area (Å²) in [6.07, 6.45) is 1.03. The maximum Gasteiger partial charge on any atom is 0.182 e. The smallest absolute Gasteiger partial charge is 0.182 e. The van der Waals surface area contributed by atoms with Crippen LogP contribution in [-0.4, -0.2) is 11.5 Å². The van der Waals surface area contributed by atoms with E-state index in [9.17, 15) is 0 Å². The molecule has 1 heterocycles. The molecule has 0 fully saturated rings. The Hall–Kier alpha value is -0.570. The van der Waals surface area contributed by atoms with E-state index in [0.29, 0.717) is 0 Å². The van der Waals surface area contributed by atoms with Crippen LogP contribution in [0.25, 0.3) is 0 Å². The van der Waals surface area contributed by atoms with Crippen molar-refractivity contribution < 1.29 is 0 Å². The molecule has 0 amide bonds. The summed E-state index contributed by atoms with van der Waals surface area (Å²) in [7, 11) is 0. The van der Waals surface area contributed by atoms with Crippen molar-refractivity contribution in [3.8, 4) is 0 Å². The fourth-order valence-electron chi connectivity index (χ4n) is 0.702. The summed E-state index contributed by atoms with van der Waals surface area (Å²) >= 11 is 1.68. The van der Waals surface area contributed by atoms with E-state index in [4.69, 9.17) is 0 Å². The van der Waals surface area contributed by atoms with E-state index in [1.165, 1.54) is 5.69 Å². The van der Waals surface area contributed by atoms with Crippen LogP contribution in [0.1, 0.15) is 19.5 Å². The van der Waals surface area contributed by atoms with Gasteiger partial charge in [-0.3, -0.25) is 0 Å². The van der Waals surface area contributed by atoms with Gasteiger partial charge in [0.25, 0.3) is 0 Å². The predicted molar refractivity (Wildman–Crippen MR) is 45.7 cm³/mol. The SMILES string of the molecule is CCNc1nc(CC)cs1. The lowest BCUT2D eigenvalue weighted by atomic mass is 10.4. The zero-order valence-electron chi connectivity index (χ0n) is 6.35. The Kier molecular flexibility index (Phi) is 2.68. The molecule has 0 aliphatic heterocycles. The molecule has 0 radical (unpaired) electrons. The Morgan fingerprint density at radius 2 is 2.40 bits per heavy atom. The molecule has 1 aromatic heterocycles. The van der Waals surface area contributed by atoms with Gasteiger partial charge in [-0.15, -0.1) is 11.3 Å². The Morgan fingerprint density at radius 3 is 2.90 bits per heavy atom. The van der Waals surface area contributed by atoms with E-state index in [0.717, 1.165) is 18.1 Å². The van der Waals surface area contributed by atoms with Gasteiger partial charge in [0.1, 0.15) is 0 Å². The second-order valence-electron chi connectivity index (χ2n) is 2.03. The third-order valence-electron chi connectivity index (χ3n) is 1.24. The summed E-state index contributed by atoms with van der Waals surface area (Å²) in [4.78, 5) is 4.33. The molecule has 1 rings (SSSR count). The van der Waals surface area contributed by atoms with Gasteiger partial charge >= 0.3 is 0 Å². The van der Waals surface area contributed by atoms with E-state index in [-0.39, 0.29) is 0 Å². The highest BCUT2D eigenvalue weighted by Gasteiger charge is 1.95. The Morgan fingerprint density at radius 1 is 1.60 bits per heavy atom. The van der Waals surface area contributed by atoms with Crippen LogP contribution >= 0.6 is 11.3 Å². The zero-order valence-corrected chi connectivity index (χ0v) is 7.16. The number of rotatable bonds is 3. The minimum absolute atomic E-state index is 0.955. The van der Waals surface area contributed by atoms with E-state index < -0.39 is 0 Å². The Balaban J connectivity index is 2.59. The van der Waals surface area contributed by atoms with Gasteiger partial charge in [0.2, 0.25) is 0 Å². The molecule has 0 unspecified atom stereocenters. The van der Waals surface area contributed by atoms with Gasteiger partial charge in [-0.05, 0) is 13.3 Å². The molecule has 0 bridgehead atoms. The van der Waals surface area contributed by atoms with Gasteiger partial charge in [-0.25, -0.2) is 4.98 Å². The lowest BCUT2D eigenvalue weighted by Crippen LogP contribution is -1.95. The van der Waals surface area contributed by atoms with Crippen LogP contribution in [-0.2, 0) is 6.42 Å². The largest absolute Gasteiger partial charge is 0.362 e. The first-order chi connectivity index (χ1) is 4.86. The van der Waals surface area contributed by atoms with Gasteiger partial charge in [0.15, 0.2) is 5.13 Å². The van der Waals surface area contributed by atoms with E-state index in [1.54, 1.807) is 11.3 Å². The zero-order chi connectivity index (χ0) is 7.40. The third kappa shape index (κ3) is 1.70. The minimum atomic E-state index is 0.955. The average Bonchev–Trinajstić information content (AvgIpc) is 2.37. The molecule has 0 saturated heterocycles. The topological polar surface area (TPSA) is 24.9 Å². The highest BCUT2D eigenvalue weighted by molar-refractivity contribution is 7.13. The predicted octanol–water partition coefficient (Wildman–Crippen LogP) is 2.14. The summed E-state index contributed by atoms with van der Waals surface area (Å²) in [6.45, 7) is 5.15. The molecular formula is C7H12N2S. The van der Waals surface area contributed by atoms with Gasteiger partial charge in [0, 0.05) is 11.9 Å². The minimum Gasteiger partial charge on any atom is -0.362 e. The monoisotopic (exact) mass is 156 g/mol. The first-order valence-electron chi connectivity index (χ1n) is 3.55. The number of hydrogen-bond acceptors (Lipinski definition) is 3. The second-order valence-corrected chi connectivity index (χ2v) is 2.89. The lowest BCUT2D eigenvalue weighted by Gasteiger charge is -1.92. The van der Waals surface area contributed by atoms with Gasteiger partial charge < -0.3 is 5.32 Å². The van der Waals surface area contributed by atoms with E-state index >= 15 is 0 Å². The van der Waals surface area contributed by atoms with Crippen LogP contribution in [0.2, 0.25) is 0 Å². The van der Waals surface area contributed by atoms with Crippen molar-refractivity contribution in [3.05, 3.63) is 11.1 Å². The standard InChI is InChI=1S/C7H12N2S/c1-3-6-5-10-7(9-6)8-4-2/h5H,3-4H2,1-2H3,(H,8,9). The van der Waals surface area contributed by atoms with Crippen molar-refractivity contribution in [2.45, 2.75) is 20.3 Å². The van der Waals surface area contributed by atoms with Crippen molar-refractivity contribution in [1.29, 1.82) is 0 Å². The summed E-state index contributed by atoms with van der Waals surface area (Å²) in [5, 5.41) is 6.31. The van der Waals surface area contributed by atoms with Crippen molar-refractivity contribution >= 4 is 16.5 Å². The maximum atomic E-state index is 4.33. The van der Waals surface area contributed by atoms with E-state index in [2.05, 4.69) is 29.5 Å². The lowest BCUT2D eigenvalue weighted by molar-refractivity contribution is 1.05. The van der Waals surface area contributed by atoms with E-state index in [1.807, 2.05) is 0 Å². The van der Waals surface area contributed by atoms with Crippen LogP contribution in [0.3, 0.4) is 0 Å². The average molecular weight is 156 g/mol. The number of aryl methyl sites for hydroxylation is 1. The highest BCUT2D eigenvalue weighted by atomic mass is 32.1. The quantitative estimate of drug-likeness (QED) is 0.725. The molecule has 0 spiro atoms. The molecule has 3 heteroatoms. The first-order valence-corrected chi connectivity index (χ1v) is 4.43. The van der Waals surface area contributed by atoms with Crippen LogP contribution < -0.4 is 5.32 Å². The molecule has 2 nitrogen and oxygen atoms in total. The fourth-order valence-corrected chi connectivity index (χ4v) is 1.57. The fraction of sp³-hybridized carbons (Fsp3) is 0.571. The molecule has 0 aliphatic carbocycles. The van der Waals surface area contributed by atoms with Crippen LogP contribution in [0, 0.1) is 0 Å². The van der Waals surface area contributed by atoms with Crippen molar-refractivity contribution in [2.24, 2.45) is 0 Å². The number of hydrogen-bond donors (Lipinski definition) is 1. The number of nitrogens with one attached hydrogen (secondary N) is 1. The molecule has 10 heavy (non-hydrogen) atoms. The van der Waals surface area contributed by atoms with Crippen molar-refractivity contribution in [3.63, 3.8) is 0 Å². The summed E-state index contributed by atoms with van der Waals surface area (Å²) in [5.41, 5.74) is 1.18. The van der Waals surface area contributed by atoms with Gasteiger partial charge in [0.05, 0.1) is 5.69 Å². The van der Waals surface area contributed by atoms with Crippen LogP contribution in [0.5, 0.6) is 0 Å². The highest BCUT2D eigenvalue weighted by Crippen LogP contribution is 2.14. The Labute approximate surface area is 65.3 Å². The van der Waals surface area contributed by atoms with Crippen LogP contribution in [0.15, 0.2) is 5.38 Å². The maximum absolute atomic E-state index is 4.33. The van der Waals surface area contributed by atoms with Crippen molar-refractivity contribution in [2.75, 3.05) is 11.9 Å². The third-order valence-corrected chi connectivity index (χ3v) is 2.09. The summed E-state index contributed by atoms with van der Waals surface area (Å²) < 4.78 is 0. The molecule has 56 valence electrons. The molecular weight excluding hydrogens is 144 g/mol. The molecule has 1 aromatic rings. The molecule has 1 N–H and O–H groups in total.